The zero-order valence-electron chi connectivity index (χ0n) is 16.7. The van der Waals surface area contributed by atoms with Gasteiger partial charge in [0.05, 0.1) is 23.9 Å². The number of nitrogens with zero attached hydrogens (tertiary/aromatic N) is 6. The Morgan fingerprint density at radius 1 is 1.10 bits per heavy atom. The summed E-state index contributed by atoms with van der Waals surface area (Å²) >= 11 is 0. The lowest BCUT2D eigenvalue weighted by atomic mass is 9.91. The van der Waals surface area contributed by atoms with E-state index in [4.69, 9.17) is 5.26 Å². The van der Waals surface area contributed by atoms with Crippen molar-refractivity contribution in [3.8, 4) is 11.8 Å². The minimum atomic E-state index is -1.23. The molecule has 0 bridgehead atoms. The summed E-state index contributed by atoms with van der Waals surface area (Å²) in [5.74, 6) is -0.0340. The van der Waals surface area contributed by atoms with Crippen LogP contribution in [0.3, 0.4) is 0 Å². The van der Waals surface area contributed by atoms with Gasteiger partial charge in [0.15, 0.2) is 5.82 Å². The van der Waals surface area contributed by atoms with Crippen molar-refractivity contribution >= 4 is 11.9 Å². The number of aromatic nitrogens is 4. The van der Waals surface area contributed by atoms with Crippen molar-refractivity contribution in [3.63, 3.8) is 0 Å². The highest BCUT2D eigenvalue weighted by molar-refractivity contribution is 6.07. The highest BCUT2D eigenvalue weighted by Gasteiger charge is 2.49. The minimum Gasteiger partial charge on any atom is -0.319 e. The molecule has 1 aliphatic rings. The van der Waals surface area contributed by atoms with E-state index in [1.807, 2.05) is 38.1 Å². The molecule has 3 amide bonds. The average Bonchev–Trinajstić information content (AvgIpc) is 3.27. The quantitative estimate of drug-likeness (QED) is 0.669. The standard InChI is InChI=1S/C21H19N7O2/c1-13-5-4-6-14(2)18(13)28-17(24-25-26-28)12-27-19(29)21(3,23-20(27)30)16-9-7-15(11-22)8-10-16/h4-10H,12H2,1-3H3,(H,23,30). The summed E-state index contributed by atoms with van der Waals surface area (Å²) < 4.78 is 1.56. The number of para-hydroxylation sites is 1. The molecule has 3 aromatic rings. The fourth-order valence-electron chi connectivity index (χ4n) is 3.67. The molecule has 1 aromatic heterocycles. The third kappa shape index (κ3) is 2.99. The van der Waals surface area contributed by atoms with Gasteiger partial charge in [-0.3, -0.25) is 9.69 Å². The van der Waals surface area contributed by atoms with Gasteiger partial charge in [0.25, 0.3) is 5.91 Å². The lowest BCUT2D eigenvalue weighted by molar-refractivity contribution is -0.131. The summed E-state index contributed by atoms with van der Waals surface area (Å²) in [6.07, 6.45) is 0. The number of hydrogen-bond acceptors (Lipinski definition) is 6. The Hall–Kier alpha value is -4.06. The number of amides is 3. The molecule has 9 heteroatoms. The van der Waals surface area contributed by atoms with Crippen LogP contribution in [0.15, 0.2) is 42.5 Å². The SMILES string of the molecule is Cc1cccc(C)c1-n1nnnc1CN1C(=O)NC(C)(c2ccc(C#N)cc2)C1=O. The zero-order chi connectivity index (χ0) is 21.5. The zero-order valence-corrected chi connectivity index (χ0v) is 16.7. The summed E-state index contributed by atoms with van der Waals surface area (Å²) in [6.45, 7) is 5.47. The number of nitrogens with one attached hydrogen (secondary N) is 1. The molecule has 1 unspecified atom stereocenters. The van der Waals surface area contributed by atoms with Gasteiger partial charge in [0, 0.05) is 0 Å². The van der Waals surface area contributed by atoms with Gasteiger partial charge in [0.1, 0.15) is 5.54 Å². The van der Waals surface area contributed by atoms with Crippen LogP contribution in [-0.2, 0) is 16.9 Å². The van der Waals surface area contributed by atoms with Gasteiger partial charge in [-0.1, -0.05) is 30.3 Å². The summed E-state index contributed by atoms with van der Waals surface area (Å²) in [6, 6.07) is 13.9. The van der Waals surface area contributed by atoms with Gasteiger partial charge in [-0.2, -0.15) is 9.94 Å². The summed E-state index contributed by atoms with van der Waals surface area (Å²) in [5.41, 5.74) is 2.60. The number of imide groups is 1. The van der Waals surface area contributed by atoms with Crippen LogP contribution in [0.2, 0.25) is 0 Å². The van der Waals surface area contributed by atoms with Gasteiger partial charge < -0.3 is 5.32 Å². The molecule has 150 valence electrons. The van der Waals surface area contributed by atoms with E-state index in [2.05, 4.69) is 20.8 Å². The Morgan fingerprint density at radius 2 is 1.77 bits per heavy atom. The van der Waals surface area contributed by atoms with E-state index in [0.29, 0.717) is 17.0 Å². The molecule has 2 aromatic carbocycles. The Labute approximate surface area is 172 Å². The fourth-order valence-corrected chi connectivity index (χ4v) is 3.67. The second-order valence-corrected chi connectivity index (χ2v) is 7.38. The maximum atomic E-state index is 13.2. The Balaban J connectivity index is 1.66. The fraction of sp³-hybridized carbons (Fsp3) is 0.238. The predicted octanol–water partition coefficient (Wildman–Crippen LogP) is 2.12. The molecule has 0 saturated carbocycles. The molecule has 1 fully saturated rings. The predicted molar refractivity (Wildman–Crippen MR) is 106 cm³/mol. The molecule has 9 nitrogen and oxygen atoms in total. The highest BCUT2D eigenvalue weighted by atomic mass is 16.2. The van der Waals surface area contributed by atoms with E-state index in [1.54, 1.807) is 35.9 Å². The third-order valence-corrected chi connectivity index (χ3v) is 5.35. The molecule has 1 N–H and O–H groups in total. The number of rotatable bonds is 4. The van der Waals surface area contributed by atoms with Crippen molar-refractivity contribution in [3.05, 3.63) is 70.5 Å². The van der Waals surface area contributed by atoms with Crippen LogP contribution in [0, 0.1) is 25.2 Å². The smallest absolute Gasteiger partial charge is 0.319 e. The van der Waals surface area contributed by atoms with Crippen LogP contribution in [0.4, 0.5) is 4.79 Å². The van der Waals surface area contributed by atoms with E-state index in [0.717, 1.165) is 21.7 Å². The molecule has 0 aliphatic carbocycles. The van der Waals surface area contributed by atoms with E-state index in [9.17, 15) is 9.59 Å². The first-order valence-electron chi connectivity index (χ1n) is 9.34. The number of benzene rings is 2. The lowest BCUT2D eigenvalue weighted by Gasteiger charge is -2.22. The number of nitriles is 1. The molecule has 4 rings (SSSR count). The van der Waals surface area contributed by atoms with E-state index >= 15 is 0 Å². The summed E-state index contributed by atoms with van der Waals surface area (Å²) in [7, 11) is 0. The van der Waals surface area contributed by atoms with Crippen molar-refractivity contribution in [2.24, 2.45) is 0 Å². The minimum absolute atomic E-state index is 0.0721. The van der Waals surface area contributed by atoms with Crippen molar-refractivity contribution in [1.82, 2.24) is 30.4 Å². The van der Waals surface area contributed by atoms with Crippen LogP contribution in [0.25, 0.3) is 5.69 Å². The van der Waals surface area contributed by atoms with Crippen LogP contribution in [-0.4, -0.2) is 37.0 Å². The normalized spacial score (nSPS) is 18.4. The maximum Gasteiger partial charge on any atom is 0.325 e. The van der Waals surface area contributed by atoms with Crippen LogP contribution in [0.1, 0.15) is 35.0 Å². The largest absolute Gasteiger partial charge is 0.325 e. The molecule has 1 atom stereocenters. The van der Waals surface area contributed by atoms with Crippen LogP contribution < -0.4 is 5.32 Å². The maximum absolute atomic E-state index is 13.2. The number of urea groups is 1. The first-order chi connectivity index (χ1) is 14.3. The Bertz CT molecular complexity index is 1170. The molecule has 1 aliphatic heterocycles. The number of hydrogen-bond donors (Lipinski definition) is 1. The molecule has 0 radical (unpaired) electrons. The Kier molecular flexibility index (Phi) is 4.54. The average molecular weight is 401 g/mol. The van der Waals surface area contributed by atoms with Gasteiger partial charge in [0.2, 0.25) is 0 Å². The number of tetrazole rings is 1. The third-order valence-electron chi connectivity index (χ3n) is 5.35. The van der Waals surface area contributed by atoms with E-state index in [-0.39, 0.29) is 6.54 Å². The van der Waals surface area contributed by atoms with Gasteiger partial charge in [-0.05, 0) is 60.0 Å². The molecular formula is C21H19N7O2. The second-order valence-electron chi connectivity index (χ2n) is 7.38. The molecule has 2 heterocycles. The van der Waals surface area contributed by atoms with Crippen molar-refractivity contribution in [2.75, 3.05) is 0 Å². The monoisotopic (exact) mass is 401 g/mol. The molecule has 0 spiro atoms. The molecular weight excluding hydrogens is 382 g/mol. The van der Waals surface area contributed by atoms with E-state index in [1.165, 1.54) is 0 Å². The molecule has 30 heavy (non-hydrogen) atoms. The van der Waals surface area contributed by atoms with Crippen molar-refractivity contribution < 1.29 is 9.59 Å². The van der Waals surface area contributed by atoms with Gasteiger partial charge in [-0.15, -0.1) is 5.10 Å². The van der Waals surface area contributed by atoms with Crippen LogP contribution in [0.5, 0.6) is 0 Å². The number of aryl methyl sites for hydroxylation is 2. The number of carbonyl (C=O) groups is 2. The second kappa shape index (κ2) is 7.08. The van der Waals surface area contributed by atoms with Gasteiger partial charge >= 0.3 is 6.03 Å². The Morgan fingerprint density at radius 3 is 2.40 bits per heavy atom. The first-order valence-corrected chi connectivity index (χ1v) is 9.34. The first kappa shape index (κ1) is 19.3. The molecule has 1 saturated heterocycles. The summed E-state index contributed by atoms with van der Waals surface area (Å²) in [4.78, 5) is 27.0. The topological polar surface area (TPSA) is 117 Å². The van der Waals surface area contributed by atoms with E-state index < -0.39 is 17.5 Å². The van der Waals surface area contributed by atoms with Crippen molar-refractivity contribution in [2.45, 2.75) is 32.9 Å². The lowest BCUT2D eigenvalue weighted by Crippen LogP contribution is -2.40. The summed E-state index contributed by atoms with van der Waals surface area (Å²) in [5, 5.41) is 23.6. The van der Waals surface area contributed by atoms with Gasteiger partial charge in [-0.25, -0.2) is 4.79 Å². The van der Waals surface area contributed by atoms with Crippen molar-refractivity contribution in [1.29, 1.82) is 5.26 Å². The number of carbonyl (C=O) groups excluding carboxylic acids is 2. The van der Waals surface area contributed by atoms with Crippen LogP contribution >= 0.6 is 0 Å². The highest BCUT2D eigenvalue weighted by Crippen LogP contribution is 2.30.